The van der Waals surface area contributed by atoms with Crippen LogP contribution in [0.2, 0.25) is 0 Å². The molecule has 132 valence electrons. The van der Waals surface area contributed by atoms with Gasteiger partial charge >= 0.3 is 6.09 Å². The number of thiazole rings is 1. The van der Waals surface area contributed by atoms with Crippen LogP contribution in [-0.4, -0.2) is 57.7 Å². The van der Waals surface area contributed by atoms with Crippen LogP contribution in [0.5, 0.6) is 0 Å². The Labute approximate surface area is 158 Å². The molecule has 0 spiro atoms. The summed E-state index contributed by atoms with van der Waals surface area (Å²) in [5, 5.41) is 10.6. The smallest absolute Gasteiger partial charge is 0.407 e. The largest absolute Gasteiger partial charge is 0.465 e. The highest BCUT2D eigenvalue weighted by Crippen LogP contribution is 2.45. The first-order valence-electron chi connectivity index (χ1n) is 8.88. The number of benzene rings is 1. The van der Waals surface area contributed by atoms with Crippen molar-refractivity contribution in [3.63, 3.8) is 0 Å². The topological polar surface area (TPSA) is 56.7 Å². The average molecular weight is 422 g/mol. The SMILES string of the molecule is O=C(O)N1CC[C@@H]2CN([C@H]3C[C@@H](c4nc5ccc(Br)cc5s4)C3)C[C@@H]21. The van der Waals surface area contributed by atoms with Gasteiger partial charge in [-0.1, -0.05) is 15.9 Å². The number of hydrogen-bond acceptors (Lipinski definition) is 4. The third-order valence-electron chi connectivity index (χ3n) is 6.17. The molecule has 7 heteroatoms. The zero-order valence-corrected chi connectivity index (χ0v) is 16.2. The van der Waals surface area contributed by atoms with Crippen molar-refractivity contribution in [1.82, 2.24) is 14.8 Å². The van der Waals surface area contributed by atoms with E-state index in [-0.39, 0.29) is 6.04 Å². The number of nitrogens with zero attached hydrogens (tertiary/aromatic N) is 3. The number of aromatic nitrogens is 1. The molecule has 2 saturated heterocycles. The summed E-state index contributed by atoms with van der Waals surface area (Å²) in [6, 6.07) is 7.10. The van der Waals surface area contributed by atoms with Gasteiger partial charge in [-0.25, -0.2) is 9.78 Å². The Morgan fingerprint density at radius 2 is 2.16 bits per heavy atom. The van der Waals surface area contributed by atoms with E-state index in [9.17, 15) is 9.90 Å². The lowest BCUT2D eigenvalue weighted by molar-refractivity contribution is 0.109. The molecule has 25 heavy (non-hydrogen) atoms. The van der Waals surface area contributed by atoms with E-state index in [1.807, 2.05) is 17.4 Å². The average Bonchev–Trinajstić information content (AvgIpc) is 3.18. The van der Waals surface area contributed by atoms with Crippen LogP contribution < -0.4 is 0 Å². The predicted octanol–water partition coefficient (Wildman–Crippen LogP) is 3.99. The molecule has 2 aromatic rings. The fraction of sp³-hybridized carbons (Fsp3) is 0.556. The summed E-state index contributed by atoms with van der Waals surface area (Å²) in [4.78, 5) is 20.4. The minimum absolute atomic E-state index is 0.219. The van der Waals surface area contributed by atoms with Crippen LogP contribution in [0.3, 0.4) is 0 Å². The lowest BCUT2D eigenvalue weighted by Gasteiger charge is -2.41. The van der Waals surface area contributed by atoms with Crippen LogP contribution >= 0.6 is 27.3 Å². The zero-order valence-electron chi connectivity index (χ0n) is 13.8. The van der Waals surface area contributed by atoms with Gasteiger partial charge in [-0.3, -0.25) is 4.90 Å². The van der Waals surface area contributed by atoms with Crippen molar-refractivity contribution in [3.8, 4) is 0 Å². The minimum Gasteiger partial charge on any atom is -0.465 e. The number of hydrogen-bond donors (Lipinski definition) is 1. The van der Waals surface area contributed by atoms with E-state index in [0.29, 0.717) is 24.4 Å². The summed E-state index contributed by atoms with van der Waals surface area (Å²) < 4.78 is 2.36. The van der Waals surface area contributed by atoms with Crippen molar-refractivity contribution in [3.05, 3.63) is 27.7 Å². The van der Waals surface area contributed by atoms with E-state index < -0.39 is 6.09 Å². The van der Waals surface area contributed by atoms with Crippen molar-refractivity contribution in [2.75, 3.05) is 19.6 Å². The summed E-state index contributed by atoms with van der Waals surface area (Å²) in [5.74, 6) is 1.10. The molecular weight excluding hydrogens is 402 g/mol. The van der Waals surface area contributed by atoms with Gasteiger partial charge in [0, 0.05) is 36.1 Å². The van der Waals surface area contributed by atoms with E-state index in [2.05, 4.69) is 33.0 Å². The maximum atomic E-state index is 11.3. The minimum atomic E-state index is -0.749. The lowest BCUT2D eigenvalue weighted by atomic mass is 9.80. The summed E-state index contributed by atoms with van der Waals surface area (Å²) in [6.07, 6.45) is 2.60. The second-order valence-electron chi connectivity index (χ2n) is 7.53. The molecule has 0 radical (unpaired) electrons. The molecule has 1 amide bonds. The molecule has 1 aromatic carbocycles. The Morgan fingerprint density at radius 1 is 1.32 bits per heavy atom. The van der Waals surface area contributed by atoms with E-state index in [0.717, 1.165) is 42.3 Å². The van der Waals surface area contributed by atoms with Crippen molar-refractivity contribution in [1.29, 1.82) is 0 Å². The molecular formula is C18H20BrN3O2S. The van der Waals surface area contributed by atoms with Gasteiger partial charge in [0.2, 0.25) is 0 Å². The van der Waals surface area contributed by atoms with Crippen molar-refractivity contribution < 1.29 is 9.90 Å². The van der Waals surface area contributed by atoms with Crippen molar-refractivity contribution >= 4 is 43.6 Å². The maximum absolute atomic E-state index is 11.3. The summed E-state index contributed by atoms with van der Waals surface area (Å²) in [6.45, 7) is 2.70. The number of carboxylic acid groups (broad SMARTS) is 1. The van der Waals surface area contributed by atoms with Crippen LogP contribution in [0, 0.1) is 5.92 Å². The first kappa shape index (κ1) is 16.0. The molecule has 0 bridgehead atoms. The standard InChI is InChI=1S/C18H20BrN3O2S/c19-12-1-2-14-16(7-12)25-17(20-14)11-5-13(6-11)21-8-10-3-4-22(18(23)24)15(10)9-21/h1-2,7,10-11,13,15H,3-6,8-9H2,(H,23,24)/t10-,11-,13+,15+/m1/s1. The van der Waals surface area contributed by atoms with Crippen LogP contribution in [0.4, 0.5) is 4.79 Å². The second kappa shape index (κ2) is 5.93. The molecule has 1 N–H and O–H groups in total. The molecule has 2 aliphatic heterocycles. The quantitative estimate of drug-likeness (QED) is 0.796. The van der Waals surface area contributed by atoms with Gasteiger partial charge in [-0.05, 0) is 43.4 Å². The highest BCUT2D eigenvalue weighted by atomic mass is 79.9. The monoisotopic (exact) mass is 421 g/mol. The number of rotatable bonds is 2. The van der Waals surface area contributed by atoms with Gasteiger partial charge in [0.05, 0.1) is 21.3 Å². The summed E-state index contributed by atoms with van der Waals surface area (Å²) in [7, 11) is 0. The number of halogens is 1. The summed E-state index contributed by atoms with van der Waals surface area (Å²) >= 11 is 5.34. The van der Waals surface area contributed by atoms with Crippen molar-refractivity contribution in [2.24, 2.45) is 5.92 Å². The Morgan fingerprint density at radius 3 is 2.96 bits per heavy atom. The zero-order chi connectivity index (χ0) is 17.1. The molecule has 1 aliphatic carbocycles. The van der Waals surface area contributed by atoms with E-state index >= 15 is 0 Å². The third-order valence-corrected chi connectivity index (χ3v) is 7.84. The molecule has 1 saturated carbocycles. The molecule has 5 rings (SSSR count). The number of likely N-dealkylation sites (tertiary alicyclic amines) is 2. The fourth-order valence-corrected chi connectivity index (χ4v) is 6.35. The first-order valence-corrected chi connectivity index (χ1v) is 10.5. The lowest BCUT2D eigenvalue weighted by Crippen LogP contribution is -2.45. The Balaban J connectivity index is 1.24. The highest BCUT2D eigenvalue weighted by Gasteiger charge is 2.47. The maximum Gasteiger partial charge on any atom is 0.407 e. The van der Waals surface area contributed by atoms with E-state index in [1.54, 1.807) is 4.90 Å². The molecule has 0 unspecified atom stereocenters. The molecule has 5 nitrogen and oxygen atoms in total. The summed E-state index contributed by atoms with van der Waals surface area (Å²) in [5.41, 5.74) is 1.10. The van der Waals surface area contributed by atoms with Gasteiger partial charge in [-0.15, -0.1) is 11.3 Å². The molecule has 1 aromatic heterocycles. The fourth-order valence-electron chi connectivity index (χ4n) is 4.71. The number of fused-ring (bicyclic) bond motifs is 2. The van der Waals surface area contributed by atoms with Gasteiger partial charge < -0.3 is 10.0 Å². The molecule has 3 aliphatic rings. The van der Waals surface area contributed by atoms with E-state index in [1.165, 1.54) is 9.71 Å². The third kappa shape index (κ3) is 2.67. The van der Waals surface area contributed by atoms with Gasteiger partial charge in [0.15, 0.2) is 0 Å². The predicted molar refractivity (Wildman–Crippen MR) is 101 cm³/mol. The van der Waals surface area contributed by atoms with Crippen LogP contribution in [0.25, 0.3) is 10.2 Å². The molecule has 3 heterocycles. The second-order valence-corrected chi connectivity index (χ2v) is 9.51. The number of carbonyl (C=O) groups is 1. The molecule has 2 atom stereocenters. The van der Waals surface area contributed by atoms with Gasteiger partial charge in [0.25, 0.3) is 0 Å². The van der Waals surface area contributed by atoms with Crippen molar-refractivity contribution in [2.45, 2.75) is 37.3 Å². The van der Waals surface area contributed by atoms with Gasteiger partial charge in [-0.2, -0.15) is 0 Å². The molecule has 3 fully saturated rings. The van der Waals surface area contributed by atoms with Crippen LogP contribution in [0.15, 0.2) is 22.7 Å². The van der Waals surface area contributed by atoms with Crippen LogP contribution in [-0.2, 0) is 0 Å². The van der Waals surface area contributed by atoms with E-state index in [4.69, 9.17) is 4.98 Å². The van der Waals surface area contributed by atoms with Crippen LogP contribution in [0.1, 0.15) is 30.2 Å². The van der Waals surface area contributed by atoms with Gasteiger partial charge in [0.1, 0.15) is 0 Å². The number of amides is 1. The Bertz CT molecular complexity index is 835. The Kier molecular flexibility index (Phi) is 3.80. The normalized spacial score (nSPS) is 32.1. The highest BCUT2D eigenvalue weighted by molar-refractivity contribution is 9.10. The first-order chi connectivity index (χ1) is 12.1. The Hall–Kier alpha value is -1.18.